The summed E-state index contributed by atoms with van der Waals surface area (Å²) in [6.45, 7) is 3.95. The third-order valence-electron chi connectivity index (χ3n) is 2.61. The minimum absolute atomic E-state index is 0.0892. The quantitative estimate of drug-likeness (QED) is 0.589. The number of aliphatic hydroxyl groups is 1. The smallest absolute Gasteiger partial charge is 0.271 e. The Bertz CT molecular complexity index is 393. The molecule has 0 amide bonds. The molecule has 17 heavy (non-hydrogen) atoms. The van der Waals surface area contributed by atoms with Crippen molar-refractivity contribution in [3.8, 4) is 0 Å². The van der Waals surface area contributed by atoms with E-state index in [2.05, 4.69) is 5.32 Å². The van der Waals surface area contributed by atoms with Gasteiger partial charge in [0.15, 0.2) is 0 Å². The number of nitro benzene ring substituents is 1. The number of benzene rings is 1. The van der Waals surface area contributed by atoms with Gasteiger partial charge in [-0.05, 0) is 31.4 Å². The van der Waals surface area contributed by atoms with Crippen LogP contribution in [0.25, 0.3) is 0 Å². The first-order valence-corrected chi connectivity index (χ1v) is 5.70. The van der Waals surface area contributed by atoms with Crippen LogP contribution in [-0.4, -0.2) is 22.7 Å². The van der Waals surface area contributed by atoms with Gasteiger partial charge < -0.3 is 10.4 Å². The molecule has 0 saturated carbocycles. The van der Waals surface area contributed by atoms with E-state index < -0.39 is 4.92 Å². The number of non-ortho nitro benzene ring substituents is 1. The first-order chi connectivity index (χ1) is 8.06. The molecule has 0 aliphatic carbocycles. The summed E-state index contributed by atoms with van der Waals surface area (Å²) in [6.07, 6.45) is 1.50. The van der Waals surface area contributed by atoms with Crippen LogP contribution in [0.15, 0.2) is 18.2 Å². The first-order valence-electron chi connectivity index (χ1n) is 5.70. The van der Waals surface area contributed by atoms with Gasteiger partial charge in [-0.3, -0.25) is 10.1 Å². The van der Waals surface area contributed by atoms with E-state index >= 15 is 0 Å². The summed E-state index contributed by atoms with van der Waals surface area (Å²) in [4.78, 5) is 10.3. The standard InChI is InChI=1S/C12H18N2O3/c1-3-10(4-5-15)13-11-6-9(2)7-12(8-11)14(16)17/h6-8,10,13,15H,3-5H2,1-2H3. The van der Waals surface area contributed by atoms with Crippen molar-refractivity contribution in [2.24, 2.45) is 0 Å². The Morgan fingerprint density at radius 3 is 2.71 bits per heavy atom. The Balaban J connectivity index is 2.86. The molecule has 2 N–H and O–H groups in total. The fourth-order valence-corrected chi connectivity index (χ4v) is 1.72. The lowest BCUT2D eigenvalue weighted by Crippen LogP contribution is -2.19. The van der Waals surface area contributed by atoms with E-state index in [1.165, 1.54) is 12.1 Å². The van der Waals surface area contributed by atoms with E-state index in [9.17, 15) is 10.1 Å². The number of hydrogen-bond donors (Lipinski definition) is 2. The minimum atomic E-state index is -0.398. The van der Waals surface area contributed by atoms with Crippen LogP contribution < -0.4 is 5.32 Å². The summed E-state index contributed by atoms with van der Waals surface area (Å²) in [5.74, 6) is 0. The highest BCUT2D eigenvalue weighted by Gasteiger charge is 2.10. The van der Waals surface area contributed by atoms with Crippen molar-refractivity contribution in [1.29, 1.82) is 0 Å². The Hall–Kier alpha value is -1.62. The van der Waals surface area contributed by atoms with E-state index in [-0.39, 0.29) is 18.3 Å². The van der Waals surface area contributed by atoms with Crippen molar-refractivity contribution in [2.75, 3.05) is 11.9 Å². The van der Waals surface area contributed by atoms with Crippen LogP contribution in [-0.2, 0) is 0 Å². The lowest BCUT2D eigenvalue weighted by atomic mass is 10.1. The Morgan fingerprint density at radius 1 is 1.47 bits per heavy atom. The van der Waals surface area contributed by atoms with Crippen molar-refractivity contribution in [3.05, 3.63) is 33.9 Å². The molecule has 1 unspecified atom stereocenters. The van der Waals surface area contributed by atoms with Gasteiger partial charge in [-0.25, -0.2) is 0 Å². The normalized spacial score (nSPS) is 12.2. The van der Waals surface area contributed by atoms with Gasteiger partial charge in [-0.2, -0.15) is 0 Å². The first kappa shape index (κ1) is 13.4. The molecule has 0 aliphatic rings. The molecule has 1 atom stereocenters. The molecule has 5 nitrogen and oxygen atoms in total. The van der Waals surface area contributed by atoms with Gasteiger partial charge in [-0.1, -0.05) is 6.92 Å². The SMILES string of the molecule is CCC(CCO)Nc1cc(C)cc([N+](=O)[O-])c1. The van der Waals surface area contributed by atoms with Gasteiger partial charge in [0.25, 0.3) is 5.69 Å². The Kier molecular flexibility index (Phi) is 4.90. The lowest BCUT2D eigenvalue weighted by Gasteiger charge is -2.17. The van der Waals surface area contributed by atoms with Crippen LogP contribution in [0.5, 0.6) is 0 Å². The summed E-state index contributed by atoms with van der Waals surface area (Å²) in [5.41, 5.74) is 1.67. The average Bonchev–Trinajstić information content (AvgIpc) is 2.27. The van der Waals surface area contributed by atoms with Crippen molar-refractivity contribution >= 4 is 11.4 Å². The summed E-state index contributed by atoms with van der Waals surface area (Å²) >= 11 is 0. The third-order valence-corrected chi connectivity index (χ3v) is 2.61. The monoisotopic (exact) mass is 238 g/mol. The second-order valence-electron chi connectivity index (χ2n) is 4.08. The van der Waals surface area contributed by atoms with Gasteiger partial charge in [0, 0.05) is 30.5 Å². The number of anilines is 1. The van der Waals surface area contributed by atoms with Crippen LogP contribution in [0.2, 0.25) is 0 Å². The highest BCUT2D eigenvalue weighted by atomic mass is 16.6. The number of aliphatic hydroxyl groups excluding tert-OH is 1. The molecule has 0 saturated heterocycles. The third kappa shape index (κ3) is 4.03. The summed E-state index contributed by atoms with van der Waals surface area (Å²) < 4.78 is 0. The van der Waals surface area contributed by atoms with E-state index in [4.69, 9.17) is 5.11 Å². The molecule has 1 aromatic carbocycles. The summed E-state index contributed by atoms with van der Waals surface area (Å²) in [6, 6.07) is 5.07. The molecule has 0 spiro atoms. The molecular formula is C12H18N2O3. The fraction of sp³-hybridized carbons (Fsp3) is 0.500. The second-order valence-corrected chi connectivity index (χ2v) is 4.08. The van der Waals surface area contributed by atoms with Gasteiger partial charge in [0.1, 0.15) is 0 Å². The van der Waals surface area contributed by atoms with Crippen molar-refractivity contribution in [1.82, 2.24) is 0 Å². The maximum atomic E-state index is 10.7. The van der Waals surface area contributed by atoms with Gasteiger partial charge in [0.05, 0.1) is 4.92 Å². The molecular weight excluding hydrogens is 220 g/mol. The predicted molar refractivity (Wildman–Crippen MR) is 67.2 cm³/mol. The predicted octanol–water partition coefficient (Wildman–Crippen LogP) is 2.48. The van der Waals surface area contributed by atoms with Crippen molar-refractivity contribution in [3.63, 3.8) is 0 Å². The maximum Gasteiger partial charge on any atom is 0.271 e. The number of aryl methyl sites for hydroxylation is 1. The lowest BCUT2D eigenvalue weighted by molar-refractivity contribution is -0.384. The number of nitrogens with zero attached hydrogens (tertiary/aromatic N) is 1. The molecule has 0 bridgehead atoms. The highest BCUT2D eigenvalue weighted by Crippen LogP contribution is 2.21. The zero-order valence-corrected chi connectivity index (χ0v) is 10.1. The van der Waals surface area contributed by atoms with Crippen molar-refractivity contribution in [2.45, 2.75) is 32.7 Å². The van der Waals surface area contributed by atoms with Gasteiger partial charge in [0.2, 0.25) is 0 Å². The number of hydrogen-bond acceptors (Lipinski definition) is 4. The zero-order chi connectivity index (χ0) is 12.8. The number of nitrogens with one attached hydrogen (secondary N) is 1. The van der Waals surface area contributed by atoms with E-state index in [1.54, 1.807) is 0 Å². The van der Waals surface area contributed by atoms with Crippen LogP contribution in [0.3, 0.4) is 0 Å². The molecule has 0 aromatic heterocycles. The van der Waals surface area contributed by atoms with Crippen LogP contribution >= 0.6 is 0 Å². The van der Waals surface area contributed by atoms with Crippen LogP contribution in [0.4, 0.5) is 11.4 Å². The molecule has 94 valence electrons. The van der Waals surface area contributed by atoms with Gasteiger partial charge >= 0.3 is 0 Å². The molecule has 0 radical (unpaired) electrons. The zero-order valence-electron chi connectivity index (χ0n) is 10.1. The minimum Gasteiger partial charge on any atom is -0.396 e. The Labute approximate surface area is 101 Å². The molecule has 1 rings (SSSR count). The topological polar surface area (TPSA) is 75.4 Å². The molecule has 5 heteroatoms. The Morgan fingerprint density at radius 2 is 2.18 bits per heavy atom. The van der Waals surface area contributed by atoms with E-state index in [1.807, 2.05) is 19.9 Å². The largest absolute Gasteiger partial charge is 0.396 e. The van der Waals surface area contributed by atoms with E-state index in [0.29, 0.717) is 6.42 Å². The van der Waals surface area contributed by atoms with Crippen LogP contribution in [0.1, 0.15) is 25.3 Å². The van der Waals surface area contributed by atoms with E-state index in [0.717, 1.165) is 17.7 Å². The second kappa shape index (κ2) is 6.20. The molecule has 0 aliphatic heterocycles. The molecule has 0 fully saturated rings. The summed E-state index contributed by atoms with van der Waals surface area (Å²) in [7, 11) is 0. The van der Waals surface area contributed by atoms with Crippen LogP contribution in [0, 0.1) is 17.0 Å². The summed E-state index contributed by atoms with van der Waals surface area (Å²) in [5, 5.41) is 22.8. The fourth-order valence-electron chi connectivity index (χ4n) is 1.72. The average molecular weight is 238 g/mol. The van der Waals surface area contributed by atoms with Crippen molar-refractivity contribution < 1.29 is 10.0 Å². The maximum absolute atomic E-state index is 10.7. The highest BCUT2D eigenvalue weighted by molar-refractivity contribution is 5.54. The van der Waals surface area contributed by atoms with Gasteiger partial charge in [-0.15, -0.1) is 0 Å². The molecule has 0 heterocycles. The number of rotatable bonds is 6. The number of nitro groups is 1. The molecule has 1 aromatic rings.